The molecule has 1 heterocycles. The van der Waals surface area contributed by atoms with Gasteiger partial charge in [0.25, 0.3) is 0 Å². The minimum Gasteiger partial charge on any atom is -0.392 e. The average molecular weight is 408 g/mol. The Balaban J connectivity index is 1.57. The number of piperidine rings is 1. The van der Waals surface area contributed by atoms with Gasteiger partial charge in [-0.1, -0.05) is 6.92 Å². The van der Waals surface area contributed by atoms with Gasteiger partial charge in [-0.05, 0) is 44.1 Å². The highest BCUT2D eigenvalue weighted by Gasteiger charge is 2.83. The van der Waals surface area contributed by atoms with E-state index in [-0.39, 0.29) is 52.8 Å². The van der Waals surface area contributed by atoms with Crippen LogP contribution < -0.4 is 0 Å². The zero-order valence-electron chi connectivity index (χ0n) is 18.0. The summed E-state index contributed by atoms with van der Waals surface area (Å²) in [6.07, 6.45) is 3.27. The first-order chi connectivity index (χ1) is 13.9. The normalized spacial score (nSPS) is 62.5. The van der Waals surface area contributed by atoms with Gasteiger partial charge in [-0.25, -0.2) is 0 Å². The van der Waals surface area contributed by atoms with Gasteiger partial charge in [-0.15, -0.1) is 0 Å². The molecule has 6 fully saturated rings. The van der Waals surface area contributed by atoms with E-state index in [1.165, 1.54) is 0 Å². The highest BCUT2D eigenvalue weighted by molar-refractivity contribution is 5.33. The van der Waals surface area contributed by atoms with E-state index in [0.29, 0.717) is 12.3 Å². The minimum absolute atomic E-state index is 0.0495. The van der Waals surface area contributed by atoms with Crippen LogP contribution >= 0.6 is 0 Å². The highest BCUT2D eigenvalue weighted by Crippen LogP contribution is 2.78. The maximum Gasteiger partial charge on any atom is 0.0771 e. The summed E-state index contributed by atoms with van der Waals surface area (Å²) in [5, 5.41) is 35.2. The highest BCUT2D eigenvalue weighted by atomic mass is 16.5. The van der Waals surface area contributed by atoms with Crippen molar-refractivity contribution in [3.63, 3.8) is 0 Å². The summed E-state index contributed by atoms with van der Waals surface area (Å²) < 4.78 is 11.6. The molecule has 6 aliphatic rings. The van der Waals surface area contributed by atoms with Gasteiger partial charge >= 0.3 is 0 Å². The quantitative estimate of drug-likeness (QED) is 0.642. The number of fused-ring (bicyclic) bond motifs is 2. The molecule has 3 N–H and O–H groups in total. The van der Waals surface area contributed by atoms with Gasteiger partial charge in [0, 0.05) is 61.8 Å². The minimum atomic E-state index is -0.901. The summed E-state index contributed by atoms with van der Waals surface area (Å²) >= 11 is 0. The molecule has 164 valence electrons. The lowest BCUT2D eigenvalue weighted by Gasteiger charge is -2.69. The van der Waals surface area contributed by atoms with Gasteiger partial charge in [0.1, 0.15) is 0 Å². The average Bonchev–Trinajstić information content (AvgIpc) is 3.13. The Morgan fingerprint density at radius 2 is 1.93 bits per heavy atom. The molecule has 1 aliphatic heterocycles. The number of aliphatic hydroxyl groups excluding tert-OH is 2. The molecular weight excluding hydrogens is 370 g/mol. The fourth-order valence-electron chi connectivity index (χ4n) is 10.4. The predicted molar refractivity (Wildman–Crippen MR) is 106 cm³/mol. The maximum atomic E-state index is 12.2. The fraction of sp³-hybridized carbons (Fsp3) is 1.00. The largest absolute Gasteiger partial charge is 0.392 e. The van der Waals surface area contributed by atoms with E-state index in [2.05, 4.69) is 11.8 Å². The molecule has 6 nitrogen and oxygen atoms in total. The van der Waals surface area contributed by atoms with Crippen LogP contribution in [0.4, 0.5) is 0 Å². The molecule has 12 atom stereocenters. The number of likely N-dealkylation sites (tertiary alicyclic amines) is 1. The topological polar surface area (TPSA) is 82.4 Å². The third-order valence-electron chi connectivity index (χ3n) is 10.9. The zero-order chi connectivity index (χ0) is 20.3. The van der Waals surface area contributed by atoms with E-state index >= 15 is 0 Å². The molecule has 0 aromatic carbocycles. The van der Waals surface area contributed by atoms with Crippen LogP contribution in [0.15, 0.2) is 0 Å². The van der Waals surface area contributed by atoms with E-state index in [9.17, 15) is 15.3 Å². The third kappa shape index (κ3) is 1.93. The molecule has 1 saturated heterocycles. The summed E-state index contributed by atoms with van der Waals surface area (Å²) in [5.74, 6) is 0.553. The van der Waals surface area contributed by atoms with Crippen LogP contribution in [0.25, 0.3) is 0 Å². The van der Waals surface area contributed by atoms with E-state index < -0.39 is 11.7 Å². The number of hydrogen-bond donors (Lipinski definition) is 3. The molecule has 0 aromatic heterocycles. The second-order valence-corrected chi connectivity index (χ2v) is 11.2. The summed E-state index contributed by atoms with van der Waals surface area (Å²) in [6, 6.07) is 0.200. The molecule has 29 heavy (non-hydrogen) atoms. The number of methoxy groups -OCH3 is 2. The first-order valence-corrected chi connectivity index (χ1v) is 11.7. The van der Waals surface area contributed by atoms with Crippen molar-refractivity contribution < 1.29 is 24.8 Å². The maximum absolute atomic E-state index is 12.2. The van der Waals surface area contributed by atoms with E-state index in [1.807, 2.05) is 0 Å². The molecule has 0 amide bonds. The number of nitrogens with zero attached hydrogens (tertiary/aromatic N) is 1. The Hall–Kier alpha value is -0.240. The van der Waals surface area contributed by atoms with Crippen LogP contribution in [0.3, 0.4) is 0 Å². The number of aliphatic hydroxyl groups is 3. The summed E-state index contributed by atoms with van der Waals surface area (Å²) in [7, 11) is 3.52. The first-order valence-electron chi connectivity index (χ1n) is 11.7. The summed E-state index contributed by atoms with van der Waals surface area (Å²) in [4.78, 5) is 2.57. The van der Waals surface area contributed by atoms with Crippen molar-refractivity contribution in [1.29, 1.82) is 0 Å². The van der Waals surface area contributed by atoms with E-state index in [1.54, 1.807) is 14.2 Å². The van der Waals surface area contributed by atoms with Crippen molar-refractivity contribution in [2.75, 3.05) is 33.9 Å². The van der Waals surface area contributed by atoms with E-state index in [4.69, 9.17) is 9.47 Å². The van der Waals surface area contributed by atoms with Gasteiger partial charge in [0.05, 0.1) is 30.5 Å². The standard InChI is InChI=1S/C23H37NO5/c1-4-24-10-21(11-28-2)6-5-17(25)23-13-7-12-15(29-3)9-22(27,18(13)19(12)26)14(20(23)24)8-16(21)23/h12-20,25-27H,4-11H2,1-3H3/t12-,13-,14-,15+,16+,17-,18-,19-,20+,21-,22+,23+/m0/s1. The van der Waals surface area contributed by atoms with Crippen molar-refractivity contribution in [1.82, 2.24) is 4.90 Å². The molecule has 1 spiro atoms. The van der Waals surface area contributed by atoms with Gasteiger partial charge in [-0.3, -0.25) is 4.90 Å². The van der Waals surface area contributed by atoms with Crippen molar-refractivity contribution >= 4 is 0 Å². The molecule has 5 aliphatic carbocycles. The number of rotatable bonds is 4. The molecule has 6 rings (SSSR count). The van der Waals surface area contributed by atoms with Crippen molar-refractivity contribution in [3.05, 3.63) is 0 Å². The van der Waals surface area contributed by atoms with Crippen LogP contribution in [-0.4, -0.2) is 84.1 Å². The lowest BCUT2D eigenvalue weighted by Crippen LogP contribution is -2.76. The Kier molecular flexibility index (Phi) is 4.00. The molecule has 7 bridgehead atoms. The van der Waals surface area contributed by atoms with Crippen molar-refractivity contribution in [3.8, 4) is 0 Å². The third-order valence-corrected chi connectivity index (χ3v) is 10.9. The Morgan fingerprint density at radius 1 is 1.14 bits per heavy atom. The van der Waals surface area contributed by atoms with Gasteiger partial charge in [0.2, 0.25) is 0 Å². The Labute approximate surface area is 173 Å². The monoisotopic (exact) mass is 407 g/mol. The zero-order valence-corrected chi connectivity index (χ0v) is 18.0. The first kappa shape index (κ1) is 19.4. The Bertz CT molecular complexity index is 705. The van der Waals surface area contributed by atoms with E-state index in [0.717, 1.165) is 45.4 Å². The van der Waals surface area contributed by atoms with Gasteiger partial charge in [-0.2, -0.15) is 0 Å². The number of ether oxygens (including phenoxy) is 2. The lowest BCUT2D eigenvalue weighted by atomic mass is 9.43. The molecule has 5 saturated carbocycles. The van der Waals surface area contributed by atoms with Crippen molar-refractivity contribution in [2.24, 2.45) is 40.4 Å². The van der Waals surface area contributed by atoms with Crippen LogP contribution in [0, 0.1) is 40.4 Å². The second kappa shape index (κ2) is 5.96. The lowest BCUT2D eigenvalue weighted by molar-refractivity contribution is -0.272. The molecular formula is C23H37NO5. The predicted octanol–water partition coefficient (Wildman–Crippen LogP) is 0.877. The summed E-state index contributed by atoms with van der Waals surface area (Å²) in [6.45, 7) is 4.88. The SMILES string of the molecule is CCN1C[C@]2(COC)CC[C@H](O)[C@@]34[C@@H]2C[C@@H]([C@@H]13)[C@]1(O)C[C@@H](OC)[C@@H]2C[C@H]4[C@H]1[C@H]2O. The van der Waals surface area contributed by atoms with Crippen LogP contribution in [-0.2, 0) is 9.47 Å². The van der Waals surface area contributed by atoms with Crippen LogP contribution in [0.2, 0.25) is 0 Å². The van der Waals surface area contributed by atoms with Crippen molar-refractivity contribution in [2.45, 2.75) is 69.0 Å². The van der Waals surface area contributed by atoms with Gasteiger partial charge < -0.3 is 24.8 Å². The Morgan fingerprint density at radius 3 is 2.62 bits per heavy atom. The molecule has 6 heteroatoms. The second-order valence-electron chi connectivity index (χ2n) is 11.2. The van der Waals surface area contributed by atoms with Crippen LogP contribution in [0.1, 0.15) is 39.0 Å². The van der Waals surface area contributed by atoms with Crippen LogP contribution in [0.5, 0.6) is 0 Å². The summed E-state index contributed by atoms with van der Waals surface area (Å²) in [5.41, 5.74) is -1.08. The van der Waals surface area contributed by atoms with Gasteiger partial charge in [0.15, 0.2) is 0 Å². The molecule has 0 radical (unpaired) electrons. The molecule has 0 aromatic rings. The molecule has 0 unspecified atom stereocenters. The number of hydrogen-bond acceptors (Lipinski definition) is 6. The smallest absolute Gasteiger partial charge is 0.0771 e. The fourth-order valence-corrected chi connectivity index (χ4v) is 10.4.